The molecule has 0 saturated heterocycles. The molecule has 2 rings (SSSR count). The van der Waals surface area contributed by atoms with E-state index in [-0.39, 0.29) is 0 Å². The molecular weight excluding hydrogens is 200 g/mol. The zero-order chi connectivity index (χ0) is 11.5. The first-order valence-corrected chi connectivity index (χ1v) is 6.04. The average molecular weight is 220 g/mol. The second kappa shape index (κ2) is 4.68. The maximum atomic E-state index is 4.30. The molecule has 1 heterocycles. The van der Waals surface area contributed by atoms with Crippen LogP contribution in [0.1, 0.15) is 32.3 Å². The predicted octanol–water partition coefficient (Wildman–Crippen LogP) is 2.43. The lowest BCUT2D eigenvalue weighted by Gasteiger charge is -2.11. The van der Waals surface area contributed by atoms with Crippen LogP contribution in [0.4, 0.5) is 11.6 Å². The molecular formula is C12H20N4. The molecule has 88 valence electrons. The van der Waals surface area contributed by atoms with Gasteiger partial charge in [0.15, 0.2) is 0 Å². The Morgan fingerprint density at radius 2 is 2.06 bits per heavy atom. The van der Waals surface area contributed by atoms with E-state index >= 15 is 0 Å². The van der Waals surface area contributed by atoms with Crippen molar-refractivity contribution in [3.63, 3.8) is 0 Å². The summed E-state index contributed by atoms with van der Waals surface area (Å²) in [5.74, 6) is 2.71. The molecule has 0 radical (unpaired) electrons. The van der Waals surface area contributed by atoms with Crippen LogP contribution in [0.5, 0.6) is 0 Å². The van der Waals surface area contributed by atoms with E-state index < -0.39 is 0 Å². The van der Waals surface area contributed by atoms with Gasteiger partial charge in [-0.2, -0.15) is 0 Å². The summed E-state index contributed by atoms with van der Waals surface area (Å²) in [6.45, 7) is 7.42. The number of nitrogens with one attached hydrogen (secondary N) is 2. The lowest BCUT2D eigenvalue weighted by molar-refractivity contribution is 0.916. The van der Waals surface area contributed by atoms with E-state index in [2.05, 4.69) is 41.4 Å². The molecule has 1 saturated carbocycles. The molecule has 0 spiro atoms. The molecule has 0 aromatic carbocycles. The normalized spacial score (nSPS) is 22.9. The van der Waals surface area contributed by atoms with E-state index in [4.69, 9.17) is 0 Å². The molecule has 1 aromatic rings. The molecule has 0 amide bonds. The SMILES string of the molecule is CCCNc1ncnc(NC2CC2C)c1C. The van der Waals surface area contributed by atoms with Gasteiger partial charge in [0.05, 0.1) is 0 Å². The zero-order valence-corrected chi connectivity index (χ0v) is 10.2. The van der Waals surface area contributed by atoms with Gasteiger partial charge in [-0.1, -0.05) is 13.8 Å². The predicted molar refractivity (Wildman–Crippen MR) is 66.7 cm³/mol. The van der Waals surface area contributed by atoms with Crippen molar-refractivity contribution in [2.24, 2.45) is 5.92 Å². The molecule has 4 heteroatoms. The Morgan fingerprint density at radius 3 is 2.69 bits per heavy atom. The largest absolute Gasteiger partial charge is 0.370 e. The van der Waals surface area contributed by atoms with Crippen LogP contribution in [0.3, 0.4) is 0 Å². The Balaban J connectivity index is 2.06. The number of hydrogen-bond donors (Lipinski definition) is 2. The van der Waals surface area contributed by atoms with Crippen molar-refractivity contribution in [2.45, 2.75) is 39.7 Å². The Bertz CT molecular complexity index is 364. The summed E-state index contributed by atoms with van der Waals surface area (Å²) in [5.41, 5.74) is 1.12. The third-order valence-electron chi connectivity index (χ3n) is 3.06. The van der Waals surface area contributed by atoms with Gasteiger partial charge in [-0.05, 0) is 25.7 Å². The molecule has 1 aliphatic carbocycles. The van der Waals surface area contributed by atoms with E-state index in [1.807, 2.05) is 0 Å². The van der Waals surface area contributed by atoms with Crippen molar-refractivity contribution in [1.29, 1.82) is 0 Å². The molecule has 2 N–H and O–H groups in total. The fourth-order valence-corrected chi connectivity index (χ4v) is 1.72. The minimum absolute atomic E-state index is 0.604. The second-order valence-electron chi connectivity index (χ2n) is 4.59. The van der Waals surface area contributed by atoms with E-state index in [1.54, 1.807) is 6.33 Å². The Kier molecular flexibility index (Phi) is 3.27. The molecule has 2 atom stereocenters. The summed E-state index contributed by atoms with van der Waals surface area (Å²) in [6.07, 6.45) is 3.98. The van der Waals surface area contributed by atoms with E-state index in [9.17, 15) is 0 Å². The zero-order valence-electron chi connectivity index (χ0n) is 10.2. The van der Waals surface area contributed by atoms with Crippen molar-refractivity contribution in [3.05, 3.63) is 11.9 Å². The summed E-state index contributed by atoms with van der Waals surface area (Å²) in [6, 6.07) is 0.604. The van der Waals surface area contributed by atoms with Gasteiger partial charge in [0, 0.05) is 18.2 Å². The van der Waals surface area contributed by atoms with Gasteiger partial charge in [0.1, 0.15) is 18.0 Å². The average Bonchev–Trinajstić information content (AvgIpc) is 2.96. The molecule has 0 bridgehead atoms. The fourth-order valence-electron chi connectivity index (χ4n) is 1.72. The Hall–Kier alpha value is -1.32. The number of anilines is 2. The smallest absolute Gasteiger partial charge is 0.134 e. The van der Waals surface area contributed by atoms with Crippen molar-refractivity contribution in [1.82, 2.24) is 9.97 Å². The van der Waals surface area contributed by atoms with Crippen LogP contribution in [0.15, 0.2) is 6.33 Å². The van der Waals surface area contributed by atoms with Crippen molar-refractivity contribution in [3.8, 4) is 0 Å². The lowest BCUT2D eigenvalue weighted by Crippen LogP contribution is -2.10. The highest BCUT2D eigenvalue weighted by Gasteiger charge is 2.33. The monoisotopic (exact) mass is 220 g/mol. The van der Waals surface area contributed by atoms with Gasteiger partial charge in [-0.3, -0.25) is 0 Å². The van der Waals surface area contributed by atoms with Crippen LogP contribution in [0, 0.1) is 12.8 Å². The van der Waals surface area contributed by atoms with Gasteiger partial charge in [0.25, 0.3) is 0 Å². The molecule has 16 heavy (non-hydrogen) atoms. The summed E-state index contributed by atoms with van der Waals surface area (Å²) in [7, 11) is 0. The van der Waals surface area contributed by atoms with Crippen LogP contribution in [0.25, 0.3) is 0 Å². The van der Waals surface area contributed by atoms with E-state index in [0.29, 0.717) is 6.04 Å². The van der Waals surface area contributed by atoms with E-state index in [0.717, 1.165) is 36.1 Å². The topological polar surface area (TPSA) is 49.8 Å². The van der Waals surface area contributed by atoms with Gasteiger partial charge in [-0.25, -0.2) is 9.97 Å². The van der Waals surface area contributed by atoms with Crippen LogP contribution in [-0.4, -0.2) is 22.6 Å². The van der Waals surface area contributed by atoms with Crippen LogP contribution in [-0.2, 0) is 0 Å². The first-order valence-electron chi connectivity index (χ1n) is 6.04. The second-order valence-corrected chi connectivity index (χ2v) is 4.59. The molecule has 1 fully saturated rings. The van der Waals surface area contributed by atoms with Crippen LogP contribution < -0.4 is 10.6 Å². The summed E-state index contributed by atoms with van der Waals surface area (Å²) in [5, 5.41) is 6.78. The van der Waals surface area contributed by atoms with Gasteiger partial charge >= 0.3 is 0 Å². The number of nitrogens with zero attached hydrogens (tertiary/aromatic N) is 2. The lowest BCUT2D eigenvalue weighted by atomic mass is 10.3. The third-order valence-corrected chi connectivity index (χ3v) is 3.06. The van der Waals surface area contributed by atoms with Crippen LogP contribution in [0.2, 0.25) is 0 Å². The first-order chi connectivity index (χ1) is 7.72. The molecule has 4 nitrogen and oxygen atoms in total. The minimum atomic E-state index is 0.604. The van der Waals surface area contributed by atoms with Crippen molar-refractivity contribution in [2.75, 3.05) is 17.2 Å². The number of aromatic nitrogens is 2. The highest BCUT2D eigenvalue weighted by atomic mass is 15.1. The standard InChI is InChI=1S/C12H20N4/c1-4-5-13-11-9(3)12(15-7-14-11)16-10-6-8(10)2/h7-8,10H,4-6H2,1-3H3,(H2,13,14,15,16). The Labute approximate surface area is 96.9 Å². The first kappa shape index (κ1) is 11.2. The summed E-state index contributed by atoms with van der Waals surface area (Å²) < 4.78 is 0. The molecule has 1 aromatic heterocycles. The van der Waals surface area contributed by atoms with Crippen molar-refractivity contribution >= 4 is 11.6 Å². The number of hydrogen-bond acceptors (Lipinski definition) is 4. The van der Waals surface area contributed by atoms with Gasteiger partial charge in [0.2, 0.25) is 0 Å². The maximum Gasteiger partial charge on any atom is 0.134 e. The molecule has 2 unspecified atom stereocenters. The van der Waals surface area contributed by atoms with Gasteiger partial charge < -0.3 is 10.6 Å². The fraction of sp³-hybridized carbons (Fsp3) is 0.667. The highest BCUT2D eigenvalue weighted by Crippen LogP contribution is 2.33. The number of rotatable bonds is 5. The third kappa shape index (κ3) is 2.43. The van der Waals surface area contributed by atoms with E-state index in [1.165, 1.54) is 6.42 Å². The highest BCUT2D eigenvalue weighted by molar-refractivity contribution is 5.57. The summed E-state index contributed by atoms with van der Waals surface area (Å²) in [4.78, 5) is 8.56. The minimum Gasteiger partial charge on any atom is -0.370 e. The quantitative estimate of drug-likeness (QED) is 0.800. The Morgan fingerprint density at radius 1 is 1.38 bits per heavy atom. The van der Waals surface area contributed by atoms with Crippen molar-refractivity contribution < 1.29 is 0 Å². The van der Waals surface area contributed by atoms with Crippen LogP contribution >= 0.6 is 0 Å². The molecule has 1 aliphatic rings. The summed E-state index contributed by atoms with van der Waals surface area (Å²) >= 11 is 0. The molecule has 0 aliphatic heterocycles. The van der Waals surface area contributed by atoms with Gasteiger partial charge in [-0.15, -0.1) is 0 Å². The maximum absolute atomic E-state index is 4.30.